The van der Waals surface area contributed by atoms with Crippen molar-refractivity contribution in [3.05, 3.63) is 105 Å². The summed E-state index contributed by atoms with van der Waals surface area (Å²) < 4.78 is 48.2. The molecule has 0 spiro atoms. The number of benzene rings is 4. The van der Waals surface area contributed by atoms with Crippen molar-refractivity contribution in [3.63, 3.8) is 0 Å². The predicted octanol–water partition coefficient (Wildman–Crippen LogP) is 5.13. The van der Waals surface area contributed by atoms with E-state index in [2.05, 4.69) is 43.3 Å². The molecule has 0 fully saturated rings. The van der Waals surface area contributed by atoms with E-state index in [1.54, 1.807) is 82.0 Å². The van der Waals surface area contributed by atoms with Crippen LogP contribution in [0.15, 0.2) is 94.7 Å². The molecule has 3 N–H and O–H groups in total. The molecule has 0 saturated carbocycles. The first-order valence-electron chi connectivity index (χ1n) is 15.8. The topological polar surface area (TPSA) is 178 Å². The summed E-state index contributed by atoms with van der Waals surface area (Å²) in [6.07, 6.45) is -1.31. The smallest absolute Gasteiger partial charge is 0.404 e. The second-order valence-electron chi connectivity index (χ2n) is 11.4. The lowest BCUT2D eigenvalue weighted by Crippen LogP contribution is -2.38. The number of aliphatic hydroxyl groups excluding tert-OH is 1. The van der Waals surface area contributed by atoms with E-state index in [1.165, 1.54) is 9.10 Å². The molecule has 0 saturated heterocycles. The summed E-state index contributed by atoms with van der Waals surface area (Å²) in [6, 6.07) is 24.2. The third-order valence-electron chi connectivity index (χ3n) is 7.85. The minimum atomic E-state index is -4.38. The highest BCUT2D eigenvalue weighted by molar-refractivity contribution is 14.1. The summed E-state index contributed by atoms with van der Waals surface area (Å²) in [5.41, 5.74) is 2.55. The van der Waals surface area contributed by atoms with Gasteiger partial charge in [-0.25, -0.2) is 13.2 Å². The van der Waals surface area contributed by atoms with Gasteiger partial charge in [-0.15, -0.1) is 22.0 Å². The largest absolute Gasteiger partial charge is 0.497 e. The van der Waals surface area contributed by atoms with Crippen molar-refractivity contribution in [1.82, 2.24) is 29.8 Å². The van der Waals surface area contributed by atoms with Gasteiger partial charge in [-0.1, -0.05) is 36.4 Å². The van der Waals surface area contributed by atoms with Gasteiger partial charge in [0.2, 0.25) is 15.8 Å². The molecule has 5 aromatic rings. The van der Waals surface area contributed by atoms with Crippen molar-refractivity contribution in [2.75, 3.05) is 33.7 Å². The van der Waals surface area contributed by atoms with E-state index < -0.39 is 28.8 Å². The van der Waals surface area contributed by atoms with Gasteiger partial charge in [0.1, 0.15) is 22.1 Å². The molecule has 52 heavy (non-hydrogen) atoms. The number of ether oxygens (including phenoxy) is 3. The average molecular weight is 861 g/mol. The summed E-state index contributed by atoms with van der Waals surface area (Å²) >= 11 is 3.15. The van der Waals surface area contributed by atoms with E-state index in [-0.39, 0.29) is 41.7 Å². The van der Waals surface area contributed by atoms with Gasteiger partial charge in [-0.05, 0) is 93.0 Å². The number of carbonyl (C=O) groups is 1. The molecule has 274 valence electrons. The Labute approximate surface area is 319 Å². The number of thioether (sulfide) groups is 1. The number of nitrogens with one attached hydrogen (secondary N) is 1. The third kappa shape index (κ3) is 9.71. The van der Waals surface area contributed by atoms with Crippen molar-refractivity contribution in [2.45, 2.75) is 35.5 Å². The van der Waals surface area contributed by atoms with Crippen LogP contribution in [0.4, 0.5) is 4.79 Å². The second-order valence-corrected chi connectivity index (χ2v) is 15.4. The molecule has 14 nitrogen and oxygen atoms in total. The number of carboxylic acid groups (broad SMARTS) is 1. The zero-order valence-corrected chi connectivity index (χ0v) is 32.3. The monoisotopic (exact) mass is 860 g/mol. The second kappa shape index (κ2) is 17.9. The number of tetrazole rings is 1. The first-order chi connectivity index (χ1) is 25.0. The molecule has 1 unspecified atom stereocenters. The molecule has 0 aliphatic carbocycles. The lowest BCUT2D eigenvalue weighted by molar-refractivity contribution is 0.181. The van der Waals surface area contributed by atoms with E-state index in [0.29, 0.717) is 36.8 Å². The number of nitrogens with zero attached hydrogens (tertiary/aromatic N) is 5. The van der Waals surface area contributed by atoms with Crippen molar-refractivity contribution in [3.8, 4) is 28.6 Å². The summed E-state index contributed by atoms with van der Waals surface area (Å²) in [5, 5.41) is 34.6. The normalized spacial score (nSPS) is 12.0. The maximum Gasteiger partial charge on any atom is 0.404 e. The maximum atomic E-state index is 15.2. The van der Waals surface area contributed by atoms with E-state index in [0.717, 1.165) is 17.3 Å². The number of methoxy groups -OCH3 is 3. The van der Waals surface area contributed by atoms with Crippen LogP contribution in [0.5, 0.6) is 17.2 Å². The molecule has 5 rings (SSSR count). The number of hydrogen-bond acceptors (Lipinski definition) is 11. The molecule has 0 aliphatic heterocycles. The van der Waals surface area contributed by atoms with Crippen molar-refractivity contribution < 1.29 is 37.6 Å². The summed E-state index contributed by atoms with van der Waals surface area (Å²) in [4.78, 5) is 13.0. The van der Waals surface area contributed by atoms with E-state index in [9.17, 15) is 15.0 Å². The van der Waals surface area contributed by atoms with Crippen LogP contribution in [0.25, 0.3) is 11.4 Å². The SMILES string of the molecule is COc1ccc(CN(Cc2ccc(OC)cc2)S(=O)(=O)c2c(SCC(CO)NC(=O)O)ccc(I)c2-c2nnn(Cc3ccc(OC)cc3)n2)cc1. The van der Waals surface area contributed by atoms with Gasteiger partial charge in [0.05, 0.1) is 46.1 Å². The number of sulfonamides is 1. The Balaban J connectivity index is 1.62. The Bertz CT molecular complexity index is 2020. The highest BCUT2D eigenvalue weighted by atomic mass is 127. The third-order valence-corrected chi connectivity index (χ3v) is 12.0. The number of aromatic nitrogens is 4. The Kier molecular flexibility index (Phi) is 13.3. The number of rotatable bonds is 17. The Hall–Kier alpha value is -4.43. The molecule has 1 amide bonds. The van der Waals surface area contributed by atoms with Gasteiger partial charge < -0.3 is 29.7 Å². The van der Waals surface area contributed by atoms with Crippen LogP contribution in [0.2, 0.25) is 0 Å². The van der Waals surface area contributed by atoms with E-state index in [4.69, 9.17) is 14.2 Å². The Morgan fingerprint density at radius 3 is 1.87 bits per heavy atom. The summed E-state index contributed by atoms with van der Waals surface area (Å²) in [7, 11) is 0.319. The lowest BCUT2D eigenvalue weighted by atomic mass is 10.2. The molecule has 17 heteroatoms. The molecular formula is C35H37IN6O8S2. The van der Waals surface area contributed by atoms with Gasteiger partial charge in [-0.2, -0.15) is 9.10 Å². The molecule has 1 heterocycles. The van der Waals surface area contributed by atoms with Gasteiger partial charge in [0.15, 0.2) is 0 Å². The molecule has 1 aromatic heterocycles. The number of aliphatic hydroxyl groups is 1. The van der Waals surface area contributed by atoms with Crippen molar-refractivity contribution in [2.24, 2.45) is 0 Å². The van der Waals surface area contributed by atoms with Crippen molar-refractivity contribution in [1.29, 1.82) is 0 Å². The quantitative estimate of drug-likeness (QED) is 0.0831. The zero-order chi connectivity index (χ0) is 37.3. The standard InChI is InChI=1S/C35H37IN6O8S2/c1-48-27-10-4-23(5-11-27)18-41(19-24-6-12-28(49-2)13-7-24)52(46,47)33-31(51-22-26(21-43)37-35(44)45)17-16-30(36)32(33)34-38-40-42(39-34)20-25-8-14-29(50-3)15-9-25/h4-17,26,37,43H,18-22H2,1-3H3,(H,44,45). The fraction of sp³-hybridized carbons (Fsp3) is 0.257. The number of hydrogen-bond donors (Lipinski definition) is 3. The number of amides is 1. The Morgan fingerprint density at radius 1 is 0.865 bits per heavy atom. The van der Waals surface area contributed by atoms with Crippen LogP contribution in [-0.2, 0) is 29.7 Å². The lowest BCUT2D eigenvalue weighted by Gasteiger charge is -2.26. The van der Waals surface area contributed by atoms with Crippen LogP contribution in [0.3, 0.4) is 0 Å². The first kappa shape index (κ1) is 38.8. The minimum absolute atomic E-state index is 0.00476. The van der Waals surface area contributed by atoms with Crippen LogP contribution >= 0.6 is 34.4 Å². The molecule has 4 aromatic carbocycles. The highest BCUT2D eigenvalue weighted by Gasteiger charge is 2.34. The maximum absolute atomic E-state index is 15.2. The van der Waals surface area contributed by atoms with Gasteiger partial charge >= 0.3 is 6.09 Å². The zero-order valence-electron chi connectivity index (χ0n) is 28.5. The number of halogens is 1. The highest BCUT2D eigenvalue weighted by Crippen LogP contribution is 2.40. The minimum Gasteiger partial charge on any atom is -0.497 e. The fourth-order valence-corrected chi connectivity index (χ4v) is 9.16. The van der Waals surface area contributed by atoms with Crippen LogP contribution in [0, 0.1) is 3.57 Å². The van der Waals surface area contributed by atoms with Crippen LogP contribution in [0.1, 0.15) is 16.7 Å². The predicted molar refractivity (Wildman–Crippen MR) is 203 cm³/mol. The van der Waals surface area contributed by atoms with Gasteiger partial charge in [0.25, 0.3) is 0 Å². The van der Waals surface area contributed by atoms with Crippen LogP contribution < -0.4 is 19.5 Å². The van der Waals surface area contributed by atoms with E-state index >= 15 is 8.42 Å². The van der Waals surface area contributed by atoms with Gasteiger partial charge in [-0.3, -0.25) is 0 Å². The van der Waals surface area contributed by atoms with Gasteiger partial charge in [0, 0.05) is 27.3 Å². The molecular weight excluding hydrogens is 823 g/mol. The Morgan fingerprint density at radius 2 is 1.38 bits per heavy atom. The summed E-state index contributed by atoms with van der Waals surface area (Å²) in [6.45, 7) is -0.208. The van der Waals surface area contributed by atoms with E-state index in [1.807, 2.05) is 24.3 Å². The molecule has 1 atom stereocenters. The summed E-state index contributed by atoms with van der Waals surface area (Å²) in [5.74, 6) is 2.09. The molecule has 0 bridgehead atoms. The fourth-order valence-electron chi connectivity index (χ4n) is 5.15. The molecule has 0 aliphatic rings. The average Bonchev–Trinajstić information content (AvgIpc) is 3.61. The van der Waals surface area contributed by atoms with Crippen molar-refractivity contribution >= 4 is 50.5 Å². The molecule has 0 radical (unpaired) electrons. The van der Waals surface area contributed by atoms with Crippen LogP contribution in [-0.4, -0.2) is 89.0 Å². The first-order valence-corrected chi connectivity index (χ1v) is 19.3.